The standard InChI is InChI=1S/C12H20O3/c1-9(6-11(13)14)12(7-15-8-12)10-4-2-3-5-10/h9-10H,2-8H2,1H3,(H,13,14). The summed E-state index contributed by atoms with van der Waals surface area (Å²) in [5, 5.41) is 8.87. The van der Waals surface area contributed by atoms with Gasteiger partial charge in [-0.25, -0.2) is 0 Å². The Hall–Kier alpha value is -0.570. The van der Waals surface area contributed by atoms with Gasteiger partial charge in [0.1, 0.15) is 0 Å². The van der Waals surface area contributed by atoms with Crippen molar-refractivity contribution in [3.05, 3.63) is 0 Å². The summed E-state index contributed by atoms with van der Waals surface area (Å²) in [7, 11) is 0. The van der Waals surface area contributed by atoms with E-state index < -0.39 is 5.97 Å². The minimum absolute atomic E-state index is 0.189. The summed E-state index contributed by atoms with van der Waals surface area (Å²) in [4.78, 5) is 10.8. The molecule has 2 rings (SSSR count). The fourth-order valence-electron chi connectivity index (χ4n) is 3.23. The Labute approximate surface area is 90.8 Å². The fraction of sp³-hybridized carbons (Fsp3) is 0.917. The number of hydrogen-bond acceptors (Lipinski definition) is 2. The molecule has 0 radical (unpaired) electrons. The zero-order valence-electron chi connectivity index (χ0n) is 9.37. The predicted molar refractivity (Wildman–Crippen MR) is 56.6 cm³/mol. The van der Waals surface area contributed by atoms with E-state index in [0.29, 0.717) is 12.3 Å². The first-order valence-electron chi connectivity index (χ1n) is 5.95. The molecular formula is C12H20O3. The minimum atomic E-state index is -0.674. The van der Waals surface area contributed by atoms with E-state index >= 15 is 0 Å². The van der Waals surface area contributed by atoms with Gasteiger partial charge in [0.05, 0.1) is 13.2 Å². The van der Waals surface area contributed by atoms with E-state index in [1.807, 2.05) is 0 Å². The summed E-state index contributed by atoms with van der Waals surface area (Å²) in [6.07, 6.45) is 5.46. The molecule has 1 unspecified atom stereocenters. The van der Waals surface area contributed by atoms with Gasteiger partial charge < -0.3 is 9.84 Å². The monoisotopic (exact) mass is 212 g/mol. The third kappa shape index (κ3) is 1.89. The molecule has 0 aromatic rings. The number of rotatable bonds is 4. The van der Waals surface area contributed by atoms with E-state index in [0.717, 1.165) is 13.2 Å². The number of carbonyl (C=O) groups is 1. The maximum atomic E-state index is 10.8. The third-order valence-corrected chi connectivity index (χ3v) is 4.37. The summed E-state index contributed by atoms with van der Waals surface area (Å²) in [5.41, 5.74) is 0.189. The van der Waals surface area contributed by atoms with Gasteiger partial charge in [-0.3, -0.25) is 4.79 Å². The smallest absolute Gasteiger partial charge is 0.303 e. The van der Waals surface area contributed by atoms with Crippen LogP contribution in [0, 0.1) is 17.3 Å². The lowest BCUT2D eigenvalue weighted by Crippen LogP contribution is -2.52. The van der Waals surface area contributed by atoms with Crippen LogP contribution in [0.15, 0.2) is 0 Å². The molecule has 0 aromatic carbocycles. The van der Waals surface area contributed by atoms with Gasteiger partial charge in [0.2, 0.25) is 0 Å². The van der Waals surface area contributed by atoms with E-state index in [9.17, 15) is 4.79 Å². The molecule has 1 aliphatic heterocycles. The van der Waals surface area contributed by atoms with Crippen molar-refractivity contribution in [3.8, 4) is 0 Å². The van der Waals surface area contributed by atoms with Gasteiger partial charge in [-0.2, -0.15) is 0 Å². The highest BCUT2D eigenvalue weighted by Crippen LogP contribution is 2.50. The van der Waals surface area contributed by atoms with Crippen LogP contribution in [0.25, 0.3) is 0 Å². The van der Waals surface area contributed by atoms with E-state index in [-0.39, 0.29) is 11.3 Å². The summed E-state index contributed by atoms with van der Waals surface area (Å²) >= 11 is 0. The van der Waals surface area contributed by atoms with Crippen molar-refractivity contribution in [1.82, 2.24) is 0 Å². The number of hydrogen-bond donors (Lipinski definition) is 1. The van der Waals surface area contributed by atoms with Crippen LogP contribution in [0.3, 0.4) is 0 Å². The van der Waals surface area contributed by atoms with Crippen molar-refractivity contribution in [2.75, 3.05) is 13.2 Å². The molecule has 3 nitrogen and oxygen atoms in total. The maximum Gasteiger partial charge on any atom is 0.303 e. The predicted octanol–water partition coefficient (Wildman–Crippen LogP) is 2.30. The van der Waals surface area contributed by atoms with Crippen LogP contribution in [-0.4, -0.2) is 24.3 Å². The first-order chi connectivity index (χ1) is 7.15. The molecule has 0 bridgehead atoms. The summed E-state index contributed by atoms with van der Waals surface area (Å²) in [6, 6.07) is 0. The van der Waals surface area contributed by atoms with Crippen molar-refractivity contribution in [2.45, 2.75) is 39.0 Å². The van der Waals surface area contributed by atoms with Crippen LogP contribution >= 0.6 is 0 Å². The average Bonchev–Trinajstić information content (AvgIpc) is 2.53. The molecule has 0 amide bonds. The molecular weight excluding hydrogens is 192 g/mol. The normalized spacial score (nSPS) is 27.3. The molecule has 15 heavy (non-hydrogen) atoms. The first-order valence-corrected chi connectivity index (χ1v) is 5.95. The number of carboxylic acids is 1. The molecule has 3 heteroatoms. The Morgan fingerprint density at radius 3 is 2.47 bits per heavy atom. The molecule has 1 atom stereocenters. The second-order valence-corrected chi connectivity index (χ2v) is 5.21. The van der Waals surface area contributed by atoms with Crippen LogP contribution < -0.4 is 0 Å². The zero-order valence-corrected chi connectivity index (χ0v) is 9.37. The summed E-state index contributed by atoms with van der Waals surface area (Å²) in [5.74, 6) is 0.291. The number of carboxylic acid groups (broad SMARTS) is 1. The highest BCUT2D eigenvalue weighted by atomic mass is 16.5. The number of ether oxygens (including phenoxy) is 1. The average molecular weight is 212 g/mol. The van der Waals surface area contributed by atoms with Gasteiger partial charge in [-0.05, 0) is 24.7 Å². The van der Waals surface area contributed by atoms with E-state index in [2.05, 4.69) is 6.92 Å². The van der Waals surface area contributed by atoms with Crippen LogP contribution in [0.1, 0.15) is 39.0 Å². The van der Waals surface area contributed by atoms with E-state index in [4.69, 9.17) is 9.84 Å². The Kier molecular flexibility index (Phi) is 3.01. The van der Waals surface area contributed by atoms with Gasteiger partial charge >= 0.3 is 5.97 Å². The van der Waals surface area contributed by atoms with Crippen molar-refractivity contribution >= 4 is 5.97 Å². The van der Waals surface area contributed by atoms with Crippen molar-refractivity contribution in [3.63, 3.8) is 0 Å². The largest absolute Gasteiger partial charge is 0.481 e. The molecule has 0 aromatic heterocycles. The second-order valence-electron chi connectivity index (χ2n) is 5.21. The molecule has 86 valence electrons. The molecule has 0 spiro atoms. The fourth-order valence-corrected chi connectivity index (χ4v) is 3.23. The molecule has 2 aliphatic rings. The lowest BCUT2D eigenvalue weighted by Gasteiger charge is -2.50. The van der Waals surface area contributed by atoms with Crippen LogP contribution in [-0.2, 0) is 9.53 Å². The maximum absolute atomic E-state index is 10.8. The van der Waals surface area contributed by atoms with Crippen LogP contribution in [0.4, 0.5) is 0 Å². The van der Waals surface area contributed by atoms with E-state index in [1.165, 1.54) is 25.7 Å². The lowest BCUT2D eigenvalue weighted by atomic mass is 9.64. The molecule has 1 heterocycles. The van der Waals surface area contributed by atoms with Gasteiger partial charge in [0, 0.05) is 11.8 Å². The highest BCUT2D eigenvalue weighted by Gasteiger charge is 2.50. The second kappa shape index (κ2) is 4.12. The Morgan fingerprint density at radius 2 is 2.07 bits per heavy atom. The zero-order chi connectivity index (χ0) is 10.9. The topological polar surface area (TPSA) is 46.5 Å². The summed E-state index contributed by atoms with van der Waals surface area (Å²) < 4.78 is 5.36. The Bertz CT molecular complexity index is 239. The third-order valence-electron chi connectivity index (χ3n) is 4.37. The molecule has 2 fully saturated rings. The van der Waals surface area contributed by atoms with Gasteiger partial charge in [0.25, 0.3) is 0 Å². The SMILES string of the molecule is CC(CC(=O)O)C1(C2CCCC2)COC1. The quantitative estimate of drug-likeness (QED) is 0.777. The highest BCUT2D eigenvalue weighted by molar-refractivity contribution is 5.67. The van der Waals surface area contributed by atoms with Crippen LogP contribution in [0.2, 0.25) is 0 Å². The first kappa shape index (κ1) is 10.9. The van der Waals surface area contributed by atoms with Crippen LogP contribution in [0.5, 0.6) is 0 Å². The summed E-state index contributed by atoms with van der Waals surface area (Å²) in [6.45, 7) is 3.65. The molecule has 1 aliphatic carbocycles. The van der Waals surface area contributed by atoms with Crippen molar-refractivity contribution in [1.29, 1.82) is 0 Å². The molecule has 1 N–H and O–H groups in total. The minimum Gasteiger partial charge on any atom is -0.481 e. The lowest BCUT2D eigenvalue weighted by molar-refractivity contribution is -0.179. The van der Waals surface area contributed by atoms with Gasteiger partial charge in [-0.1, -0.05) is 19.8 Å². The van der Waals surface area contributed by atoms with Gasteiger partial charge in [0.15, 0.2) is 0 Å². The van der Waals surface area contributed by atoms with Gasteiger partial charge in [-0.15, -0.1) is 0 Å². The Morgan fingerprint density at radius 1 is 1.47 bits per heavy atom. The van der Waals surface area contributed by atoms with E-state index in [1.54, 1.807) is 0 Å². The Balaban J connectivity index is 2.03. The van der Waals surface area contributed by atoms with Crippen molar-refractivity contribution in [2.24, 2.45) is 17.3 Å². The van der Waals surface area contributed by atoms with Crippen molar-refractivity contribution < 1.29 is 14.6 Å². The molecule has 1 saturated heterocycles. The molecule has 1 saturated carbocycles. The number of aliphatic carboxylic acids is 1.